The molecule has 0 aromatic rings. The van der Waals surface area contributed by atoms with Crippen LogP contribution in [-0.2, 0) is 23.1 Å². The Balaban J connectivity index is 2.30. The molecule has 0 atom stereocenters. The summed E-state index contributed by atoms with van der Waals surface area (Å²) < 4.78 is 3.67. The summed E-state index contributed by atoms with van der Waals surface area (Å²) in [7, 11) is 0. The van der Waals surface area contributed by atoms with E-state index >= 15 is 0 Å². The number of hydrogen-bond donors (Lipinski definition) is 0. The Morgan fingerprint density at radius 3 is 2.25 bits per heavy atom. The number of rotatable bonds is 1. The quantitative estimate of drug-likeness (QED) is 0.476. The van der Waals surface area contributed by atoms with Crippen molar-refractivity contribution in [3.8, 4) is 0 Å². The van der Waals surface area contributed by atoms with Gasteiger partial charge in [0.25, 0.3) is 0 Å². The van der Waals surface area contributed by atoms with Gasteiger partial charge >= 0.3 is 33.4 Å². The third-order valence-electron chi connectivity index (χ3n) is 0.0282. The van der Waals surface area contributed by atoms with Crippen molar-refractivity contribution in [3.05, 3.63) is 4.91 Å². The van der Waals surface area contributed by atoms with E-state index in [1.54, 1.807) is 0 Å². The predicted octanol–water partition coefficient (Wildman–Crippen LogP) is 0.146. The fraction of sp³-hybridized carbons (Fsp3) is 0. The Kier molecular flexibility index (Phi) is 3.11. The van der Waals surface area contributed by atoms with Gasteiger partial charge < -0.3 is 0 Å². The molecule has 0 aliphatic rings. The zero-order valence-corrected chi connectivity index (χ0v) is 4.36. The molecule has 4 heteroatoms. The number of hydrogen-bond acceptors (Lipinski definition) is 3. The average molecular weight is 232 g/mol. The molecule has 0 rings (SSSR count). The maximum atomic E-state index is 8.72. The molecule has 0 bridgehead atoms. The van der Waals surface area contributed by atoms with Crippen LogP contribution in [0.3, 0.4) is 0 Å². The first-order chi connectivity index (χ1) is 1.91. The summed E-state index contributed by atoms with van der Waals surface area (Å²) in [6.45, 7) is 0. The first kappa shape index (κ1) is 4.06. The Hall–Kier alpha value is 0.0623. The minimum atomic E-state index is 0.885. The first-order valence-corrected chi connectivity index (χ1v) is 1.63. The van der Waals surface area contributed by atoms with Crippen LogP contribution in [-0.4, -0.2) is 0 Å². The Labute approximate surface area is 34.1 Å². The minimum absolute atomic E-state index is 0.885. The van der Waals surface area contributed by atoms with Crippen LogP contribution in [0.2, 0.25) is 0 Å². The van der Waals surface area contributed by atoms with Crippen LogP contribution in [0.4, 0.5) is 0 Å². The van der Waals surface area contributed by atoms with Crippen molar-refractivity contribution >= 4 is 0 Å². The van der Waals surface area contributed by atoms with Crippen molar-refractivity contribution in [2.24, 2.45) is 5.34 Å². The SMILES string of the molecule is O=N[O][Re]. The molecule has 0 amide bonds. The zero-order valence-electron chi connectivity index (χ0n) is 1.64. The molecule has 0 fully saturated rings. The third-order valence-corrected chi connectivity index (χ3v) is 0.231. The summed E-state index contributed by atoms with van der Waals surface area (Å²) in [4.78, 5) is 8.72. The van der Waals surface area contributed by atoms with Crippen molar-refractivity contribution in [1.82, 2.24) is 0 Å². The fourth-order valence-electron chi connectivity index (χ4n) is 0. The monoisotopic (exact) mass is 233 g/mol. The van der Waals surface area contributed by atoms with Crippen LogP contribution < -0.4 is 0 Å². The molecule has 0 heterocycles. The van der Waals surface area contributed by atoms with Gasteiger partial charge in [-0.2, -0.15) is 0 Å². The van der Waals surface area contributed by atoms with E-state index in [-0.39, 0.29) is 0 Å². The molecule has 4 heavy (non-hydrogen) atoms. The Bertz CT molecular complexity index is 20.0. The van der Waals surface area contributed by atoms with E-state index in [0.717, 1.165) is 19.6 Å². The molecule has 0 radical (unpaired) electrons. The predicted molar refractivity (Wildman–Crippen MR) is 6.88 cm³/mol. The van der Waals surface area contributed by atoms with Crippen LogP contribution in [0.5, 0.6) is 0 Å². The molecule has 24 valence electrons. The molecule has 0 aliphatic heterocycles. The van der Waals surface area contributed by atoms with Crippen molar-refractivity contribution in [3.63, 3.8) is 0 Å². The normalized spacial score (nSPS) is 5.25. The molecule has 0 N–H and O–H groups in total. The van der Waals surface area contributed by atoms with Gasteiger partial charge in [-0.15, -0.1) is 0 Å². The van der Waals surface area contributed by atoms with Gasteiger partial charge in [-0.25, -0.2) is 0 Å². The Morgan fingerprint density at radius 1 is 2.00 bits per heavy atom. The van der Waals surface area contributed by atoms with Gasteiger partial charge in [0.2, 0.25) is 0 Å². The van der Waals surface area contributed by atoms with Crippen LogP contribution in [0.1, 0.15) is 0 Å². The first-order valence-electron chi connectivity index (χ1n) is 0.519. The van der Waals surface area contributed by atoms with Crippen molar-refractivity contribution < 1.29 is 23.1 Å². The second kappa shape index (κ2) is 3.06. The van der Waals surface area contributed by atoms with Gasteiger partial charge in [0, 0.05) is 0 Å². The van der Waals surface area contributed by atoms with E-state index in [9.17, 15) is 0 Å². The molecule has 0 saturated heterocycles. The second-order valence-electron chi connectivity index (χ2n) is 0.144. The van der Waals surface area contributed by atoms with Gasteiger partial charge in [0.15, 0.2) is 0 Å². The molecule has 3 nitrogen and oxygen atoms in total. The standard InChI is InChI=1S/HNO2.Re/c2-1-3;/h(H,2,3);/q;+1/p-1. The van der Waals surface area contributed by atoms with Crippen LogP contribution in [0, 0.1) is 4.91 Å². The van der Waals surface area contributed by atoms with Gasteiger partial charge in [-0.1, -0.05) is 0 Å². The molecular weight excluding hydrogens is 232 g/mol. The van der Waals surface area contributed by atoms with Gasteiger partial charge in [-0.3, -0.25) is 0 Å². The molecule has 0 unspecified atom stereocenters. The summed E-state index contributed by atoms with van der Waals surface area (Å²) >= 11 is 0.885. The van der Waals surface area contributed by atoms with Crippen LogP contribution in [0.15, 0.2) is 5.34 Å². The van der Waals surface area contributed by atoms with Crippen LogP contribution in [0.25, 0.3) is 0 Å². The molecule has 0 spiro atoms. The molecule has 0 aromatic carbocycles. The van der Waals surface area contributed by atoms with Gasteiger partial charge in [0.05, 0.1) is 0 Å². The summed E-state index contributed by atoms with van der Waals surface area (Å²) in [5.74, 6) is 0. The average Bonchev–Trinajstić information content (AvgIpc) is 1.37. The molecule has 0 aromatic heterocycles. The molecule has 0 saturated carbocycles. The zero-order chi connectivity index (χ0) is 3.41. The van der Waals surface area contributed by atoms with Gasteiger partial charge in [-0.05, 0) is 0 Å². The van der Waals surface area contributed by atoms with E-state index in [1.807, 2.05) is 5.34 Å². The summed E-state index contributed by atoms with van der Waals surface area (Å²) in [5.41, 5.74) is 0. The van der Waals surface area contributed by atoms with Crippen molar-refractivity contribution in [2.75, 3.05) is 0 Å². The molecular formula is NO2Re. The maximum absolute atomic E-state index is 8.72. The summed E-state index contributed by atoms with van der Waals surface area (Å²) in [6, 6.07) is 0. The summed E-state index contributed by atoms with van der Waals surface area (Å²) in [5, 5.41) is 2.01. The van der Waals surface area contributed by atoms with Gasteiger partial charge in [0.1, 0.15) is 0 Å². The molecule has 0 aliphatic carbocycles. The Morgan fingerprint density at radius 2 is 2.25 bits per heavy atom. The number of nitrogens with zero attached hydrogens (tertiary/aromatic N) is 1. The third kappa shape index (κ3) is 2.06. The topological polar surface area (TPSA) is 38.7 Å². The van der Waals surface area contributed by atoms with E-state index in [1.165, 1.54) is 0 Å². The van der Waals surface area contributed by atoms with E-state index in [2.05, 4.69) is 3.56 Å². The second-order valence-corrected chi connectivity index (χ2v) is 0.639. The van der Waals surface area contributed by atoms with E-state index in [0.29, 0.717) is 0 Å². The van der Waals surface area contributed by atoms with E-state index < -0.39 is 0 Å². The van der Waals surface area contributed by atoms with Crippen molar-refractivity contribution in [1.29, 1.82) is 0 Å². The fourth-order valence-corrected chi connectivity index (χ4v) is 0. The van der Waals surface area contributed by atoms with Crippen LogP contribution >= 0.6 is 0 Å². The summed E-state index contributed by atoms with van der Waals surface area (Å²) in [6.07, 6.45) is 0. The van der Waals surface area contributed by atoms with Crippen molar-refractivity contribution in [2.45, 2.75) is 0 Å². The van der Waals surface area contributed by atoms with E-state index in [4.69, 9.17) is 4.91 Å².